The van der Waals surface area contributed by atoms with Crippen LogP contribution in [0.25, 0.3) is 0 Å². The summed E-state index contributed by atoms with van der Waals surface area (Å²) in [6.07, 6.45) is 2.83. The average molecular weight is 389 g/mol. The highest BCUT2D eigenvalue weighted by molar-refractivity contribution is 5.99. The van der Waals surface area contributed by atoms with E-state index in [-0.39, 0.29) is 0 Å². The van der Waals surface area contributed by atoms with Crippen molar-refractivity contribution in [1.29, 1.82) is 0 Å². The number of hydrogen-bond acceptors (Lipinski definition) is 7. The second kappa shape index (κ2) is 7.27. The third-order valence-corrected chi connectivity index (χ3v) is 4.98. The van der Waals surface area contributed by atoms with Crippen LogP contribution in [0.2, 0.25) is 0 Å². The van der Waals surface area contributed by atoms with Gasteiger partial charge >= 0.3 is 5.92 Å². The number of piperidine rings is 1. The van der Waals surface area contributed by atoms with Crippen LogP contribution in [0.3, 0.4) is 0 Å². The van der Waals surface area contributed by atoms with Crippen molar-refractivity contribution in [3.8, 4) is 0 Å². The number of benzene rings is 1. The quantitative estimate of drug-likeness (QED) is 0.738. The summed E-state index contributed by atoms with van der Waals surface area (Å²) in [5.41, 5.74) is 1.33. The van der Waals surface area contributed by atoms with Crippen molar-refractivity contribution in [3.05, 3.63) is 30.1 Å². The molecule has 1 aromatic heterocycles. The van der Waals surface area contributed by atoms with Gasteiger partial charge in [0, 0.05) is 23.8 Å². The molecule has 2 aromatic rings. The number of likely N-dealkylation sites (tertiary alicyclic amines) is 1. The van der Waals surface area contributed by atoms with E-state index in [0.717, 1.165) is 25.9 Å². The zero-order chi connectivity index (χ0) is 19.7. The van der Waals surface area contributed by atoms with Crippen molar-refractivity contribution in [2.24, 2.45) is 0 Å². The molecular formula is C18H21F2N7O. The maximum absolute atomic E-state index is 13.5. The molecule has 4 rings (SSSR count). The van der Waals surface area contributed by atoms with Crippen molar-refractivity contribution in [2.45, 2.75) is 31.2 Å². The van der Waals surface area contributed by atoms with Gasteiger partial charge in [-0.15, -0.1) is 0 Å². The van der Waals surface area contributed by atoms with E-state index in [4.69, 9.17) is 0 Å². The van der Waals surface area contributed by atoms with Crippen LogP contribution in [0.1, 0.15) is 18.4 Å². The fraction of sp³-hybridized carbons (Fsp3) is 0.444. The zero-order valence-corrected chi connectivity index (χ0v) is 15.4. The summed E-state index contributed by atoms with van der Waals surface area (Å²) < 4.78 is 27.0. The summed E-state index contributed by atoms with van der Waals surface area (Å²) in [5, 5.41) is 8.60. The SMILES string of the molecule is CN1CCC(Nc2ncnc(Nc3ccc4c(c3)NC(=O)C(F)(F)C4)n2)CC1. The normalized spacial score (nSPS) is 19.6. The number of rotatable bonds is 4. The minimum Gasteiger partial charge on any atom is -0.351 e. The maximum atomic E-state index is 13.5. The molecule has 2 aliphatic rings. The number of alkyl halides is 2. The summed E-state index contributed by atoms with van der Waals surface area (Å²) in [5.74, 6) is -3.86. The first-order valence-corrected chi connectivity index (χ1v) is 9.12. The second-order valence-corrected chi connectivity index (χ2v) is 7.19. The number of hydrogen-bond donors (Lipinski definition) is 3. The third-order valence-electron chi connectivity index (χ3n) is 4.98. The molecule has 0 unspecified atom stereocenters. The van der Waals surface area contributed by atoms with Crippen molar-refractivity contribution in [3.63, 3.8) is 0 Å². The van der Waals surface area contributed by atoms with Gasteiger partial charge in [-0.2, -0.15) is 13.8 Å². The van der Waals surface area contributed by atoms with E-state index in [1.54, 1.807) is 18.2 Å². The molecule has 3 heterocycles. The number of nitrogens with one attached hydrogen (secondary N) is 3. The molecule has 0 spiro atoms. The van der Waals surface area contributed by atoms with Crippen molar-refractivity contribution in [2.75, 3.05) is 36.1 Å². The van der Waals surface area contributed by atoms with Crippen LogP contribution in [0.15, 0.2) is 24.5 Å². The number of fused-ring (bicyclic) bond motifs is 1. The van der Waals surface area contributed by atoms with E-state index < -0.39 is 18.3 Å². The number of carbonyl (C=O) groups is 1. The van der Waals surface area contributed by atoms with E-state index in [0.29, 0.717) is 34.9 Å². The highest BCUT2D eigenvalue weighted by Gasteiger charge is 2.43. The van der Waals surface area contributed by atoms with E-state index in [1.807, 2.05) is 0 Å². The predicted molar refractivity (Wildman–Crippen MR) is 101 cm³/mol. The number of aromatic nitrogens is 3. The number of carbonyl (C=O) groups excluding carboxylic acids is 1. The van der Waals surface area contributed by atoms with Crippen LogP contribution in [0.4, 0.5) is 32.1 Å². The highest BCUT2D eigenvalue weighted by atomic mass is 19.3. The first kappa shape index (κ1) is 18.5. The average Bonchev–Trinajstić information content (AvgIpc) is 2.65. The van der Waals surface area contributed by atoms with Gasteiger partial charge in [-0.25, -0.2) is 9.97 Å². The molecule has 0 atom stereocenters. The Labute approximate surface area is 160 Å². The summed E-state index contributed by atoms with van der Waals surface area (Å²) in [6, 6.07) is 5.12. The number of amides is 1. The Hall–Kier alpha value is -2.88. The maximum Gasteiger partial charge on any atom is 0.328 e. The van der Waals surface area contributed by atoms with Crippen molar-refractivity contribution in [1.82, 2.24) is 19.9 Å². The van der Waals surface area contributed by atoms with Crippen molar-refractivity contribution >= 4 is 29.2 Å². The molecule has 1 fully saturated rings. The Morgan fingerprint density at radius 1 is 1.21 bits per heavy atom. The van der Waals surface area contributed by atoms with Crippen LogP contribution < -0.4 is 16.0 Å². The summed E-state index contributed by atoms with van der Waals surface area (Å²) in [6.45, 7) is 2.04. The van der Waals surface area contributed by atoms with Gasteiger partial charge < -0.3 is 20.9 Å². The Morgan fingerprint density at radius 3 is 2.75 bits per heavy atom. The lowest BCUT2D eigenvalue weighted by Gasteiger charge is -2.29. The van der Waals surface area contributed by atoms with E-state index in [2.05, 4.69) is 42.8 Å². The first-order chi connectivity index (χ1) is 13.4. The summed E-state index contributed by atoms with van der Waals surface area (Å²) in [7, 11) is 2.10. The topological polar surface area (TPSA) is 95.1 Å². The largest absolute Gasteiger partial charge is 0.351 e. The highest BCUT2D eigenvalue weighted by Crippen LogP contribution is 2.33. The van der Waals surface area contributed by atoms with Gasteiger partial charge in [0.1, 0.15) is 6.33 Å². The zero-order valence-electron chi connectivity index (χ0n) is 15.4. The van der Waals surface area contributed by atoms with Gasteiger partial charge in [0.15, 0.2) is 0 Å². The molecule has 2 aliphatic heterocycles. The molecule has 1 saturated heterocycles. The Morgan fingerprint density at radius 2 is 1.96 bits per heavy atom. The smallest absolute Gasteiger partial charge is 0.328 e. The summed E-state index contributed by atoms with van der Waals surface area (Å²) >= 11 is 0. The van der Waals surface area contributed by atoms with E-state index in [9.17, 15) is 13.6 Å². The van der Waals surface area contributed by atoms with E-state index >= 15 is 0 Å². The fourth-order valence-corrected chi connectivity index (χ4v) is 3.35. The van der Waals surface area contributed by atoms with Gasteiger partial charge in [0.05, 0.1) is 0 Å². The lowest BCUT2D eigenvalue weighted by atomic mass is 10.00. The minimum absolute atomic E-state index is 0.312. The van der Waals surface area contributed by atoms with E-state index in [1.165, 1.54) is 6.33 Å². The van der Waals surface area contributed by atoms with Gasteiger partial charge in [-0.3, -0.25) is 4.79 Å². The fourth-order valence-electron chi connectivity index (χ4n) is 3.35. The molecule has 3 N–H and O–H groups in total. The Balaban J connectivity index is 1.45. The van der Waals surface area contributed by atoms with Crippen LogP contribution in [0.5, 0.6) is 0 Å². The monoisotopic (exact) mass is 389 g/mol. The summed E-state index contributed by atoms with van der Waals surface area (Å²) in [4.78, 5) is 26.4. The minimum atomic E-state index is -3.38. The number of halogens is 2. The molecular weight excluding hydrogens is 368 g/mol. The standard InChI is InChI=1S/C18H21F2N7O/c1-27-6-4-12(5-7-27)23-16-21-10-22-17(26-16)24-13-3-2-11-9-18(19,20)15(28)25-14(11)8-13/h2-3,8,10,12H,4-7,9H2,1H3,(H,25,28)(H2,21,22,23,24,26). The molecule has 0 bridgehead atoms. The lowest BCUT2D eigenvalue weighted by molar-refractivity contribution is -0.140. The molecule has 0 aliphatic carbocycles. The molecule has 0 saturated carbocycles. The van der Waals surface area contributed by atoms with Gasteiger partial charge in [0.2, 0.25) is 11.9 Å². The number of nitrogens with zero attached hydrogens (tertiary/aromatic N) is 4. The van der Waals surface area contributed by atoms with Crippen LogP contribution in [0, 0.1) is 0 Å². The van der Waals surface area contributed by atoms with Crippen molar-refractivity contribution < 1.29 is 13.6 Å². The van der Waals surface area contributed by atoms with Crippen LogP contribution in [-0.4, -0.2) is 57.9 Å². The van der Waals surface area contributed by atoms with Gasteiger partial charge in [-0.05, 0) is 50.7 Å². The van der Waals surface area contributed by atoms with Gasteiger partial charge in [-0.1, -0.05) is 6.07 Å². The molecule has 28 heavy (non-hydrogen) atoms. The molecule has 8 nitrogen and oxygen atoms in total. The first-order valence-electron chi connectivity index (χ1n) is 9.12. The molecule has 10 heteroatoms. The Bertz CT molecular complexity index is 884. The number of anilines is 4. The molecule has 148 valence electrons. The van der Waals surface area contributed by atoms with Crippen LogP contribution in [-0.2, 0) is 11.2 Å². The van der Waals surface area contributed by atoms with Gasteiger partial charge in [0.25, 0.3) is 5.91 Å². The second-order valence-electron chi connectivity index (χ2n) is 7.19. The van der Waals surface area contributed by atoms with Crippen LogP contribution >= 0.6 is 0 Å². The lowest BCUT2D eigenvalue weighted by Crippen LogP contribution is -2.40. The third kappa shape index (κ3) is 4.01. The predicted octanol–water partition coefficient (Wildman–Crippen LogP) is 2.25. The Kier molecular flexibility index (Phi) is 4.80. The molecule has 0 radical (unpaired) electrons. The molecule has 1 aromatic carbocycles. The molecule has 1 amide bonds.